The normalized spacial score (nSPS) is 10.2. The molecule has 96 valence electrons. The molecule has 0 saturated heterocycles. The fourth-order valence-corrected chi connectivity index (χ4v) is 2.13. The van der Waals surface area contributed by atoms with E-state index in [1.54, 1.807) is 30.3 Å². The summed E-state index contributed by atoms with van der Waals surface area (Å²) in [5, 5.41) is 18.5. The summed E-state index contributed by atoms with van der Waals surface area (Å²) in [6.07, 6.45) is 0. The summed E-state index contributed by atoms with van der Waals surface area (Å²) >= 11 is 6.03. The molecular formula is C14H9ClO4. The molecule has 5 heteroatoms. The van der Waals surface area contributed by atoms with Crippen molar-refractivity contribution in [3.8, 4) is 11.1 Å². The predicted octanol–water partition coefficient (Wildman–Crippen LogP) is 3.40. The Morgan fingerprint density at radius 3 is 2.05 bits per heavy atom. The molecule has 0 fully saturated rings. The second kappa shape index (κ2) is 5.12. The second-order valence-corrected chi connectivity index (χ2v) is 4.23. The molecule has 0 spiro atoms. The SMILES string of the molecule is O=C(O)c1ccc(Cl)c(-c2ccccc2)c1C(=O)O. The van der Waals surface area contributed by atoms with Gasteiger partial charge in [-0.3, -0.25) is 0 Å². The van der Waals surface area contributed by atoms with E-state index < -0.39 is 11.9 Å². The minimum absolute atomic E-state index is 0.202. The van der Waals surface area contributed by atoms with Crippen molar-refractivity contribution < 1.29 is 19.8 Å². The van der Waals surface area contributed by atoms with Gasteiger partial charge in [0.15, 0.2) is 0 Å². The molecule has 0 aromatic heterocycles. The first-order valence-corrected chi connectivity index (χ1v) is 5.74. The number of aromatic carboxylic acids is 2. The van der Waals surface area contributed by atoms with Gasteiger partial charge in [0.05, 0.1) is 11.1 Å². The Bertz CT molecular complexity index is 650. The quantitative estimate of drug-likeness (QED) is 0.901. The minimum atomic E-state index is -1.32. The fourth-order valence-electron chi connectivity index (χ4n) is 1.86. The van der Waals surface area contributed by atoms with E-state index in [2.05, 4.69) is 0 Å². The largest absolute Gasteiger partial charge is 0.478 e. The molecule has 0 atom stereocenters. The van der Waals surface area contributed by atoms with Gasteiger partial charge in [0.2, 0.25) is 0 Å². The van der Waals surface area contributed by atoms with Gasteiger partial charge in [-0.25, -0.2) is 9.59 Å². The molecule has 0 aliphatic heterocycles. The highest BCUT2D eigenvalue weighted by atomic mass is 35.5. The summed E-state index contributed by atoms with van der Waals surface area (Å²) in [6, 6.07) is 11.2. The third-order valence-corrected chi connectivity index (χ3v) is 2.98. The van der Waals surface area contributed by atoms with Crippen LogP contribution >= 0.6 is 11.6 Å². The standard InChI is InChI=1S/C14H9ClO4/c15-10-7-6-9(13(16)17)12(14(18)19)11(10)8-4-2-1-3-5-8/h1-7H,(H,16,17)(H,18,19). The van der Waals surface area contributed by atoms with Crippen LogP contribution in [0.2, 0.25) is 5.02 Å². The Hall–Kier alpha value is -2.33. The molecule has 4 nitrogen and oxygen atoms in total. The van der Waals surface area contributed by atoms with E-state index in [1.807, 2.05) is 0 Å². The first-order chi connectivity index (χ1) is 9.02. The molecular weight excluding hydrogens is 268 g/mol. The Labute approximate surface area is 113 Å². The van der Waals surface area contributed by atoms with Crippen LogP contribution in [-0.2, 0) is 0 Å². The van der Waals surface area contributed by atoms with Crippen LogP contribution in [0.5, 0.6) is 0 Å². The van der Waals surface area contributed by atoms with Crippen LogP contribution in [0.15, 0.2) is 42.5 Å². The summed E-state index contributed by atoms with van der Waals surface area (Å²) in [5.74, 6) is -2.62. The maximum absolute atomic E-state index is 11.4. The van der Waals surface area contributed by atoms with Gasteiger partial charge in [0, 0.05) is 10.6 Å². The van der Waals surface area contributed by atoms with Crippen molar-refractivity contribution in [1.82, 2.24) is 0 Å². The Morgan fingerprint density at radius 2 is 1.53 bits per heavy atom. The van der Waals surface area contributed by atoms with Crippen molar-refractivity contribution in [1.29, 1.82) is 0 Å². The van der Waals surface area contributed by atoms with Gasteiger partial charge in [-0.1, -0.05) is 41.9 Å². The van der Waals surface area contributed by atoms with Crippen LogP contribution in [0.3, 0.4) is 0 Å². The summed E-state index contributed by atoms with van der Waals surface area (Å²) in [7, 11) is 0. The van der Waals surface area contributed by atoms with Crippen molar-refractivity contribution in [2.24, 2.45) is 0 Å². The molecule has 0 aliphatic carbocycles. The van der Waals surface area contributed by atoms with Crippen molar-refractivity contribution >= 4 is 23.5 Å². The summed E-state index contributed by atoms with van der Waals surface area (Å²) in [5.41, 5.74) is 0.199. The molecule has 2 rings (SSSR count). The monoisotopic (exact) mass is 276 g/mol. The molecule has 2 N–H and O–H groups in total. The van der Waals surface area contributed by atoms with Crippen LogP contribution in [0, 0.1) is 0 Å². The summed E-state index contributed by atoms with van der Waals surface area (Å²) in [6.45, 7) is 0. The number of hydrogen-bond donors (Lipinski definition) is 2. The van der Waals surface area contributed by atoms with Crippen LogP contribution in [0.1, 0.15) is 20.7 Å². The highest BCUT2D eigenvalue weighted by Gasteiger charge is 2.23. The Kier molecular flexibility index (Phi) is 3.53. The van der Waals surface area contributed by atoms with Crippen molar-refractivity contribution in [3.63, 3.8) is 0 Å². The van der Waals surface area contributed by atoms with Gasteiger partial charge in [-0.15, -0.1) is 0 Å². The van der Waals surface area contributed by atoms with Gasteiger partial charge in [-0.2, -0.15) is 0 Å². The van der Waals surface area contributed by atoms with E-state index >= 15 is 0 Å². The van der Waals surface area contributed by atoms with Gasteiger partial charge < -0.3 is 10.2 Å². The fraction of sp³-hybridized carbons (Fsp3) is 0. The Morgan fingerprint density at radius 1 is 0.895 bits per heavy atom. The number of rotatable bonds is 3. The van der Waals surface area contributed by atoms with E-state index in [1.165, 1.54) is 12.1 Å². The lowest BCUT2D eigenvalue weighted by molar-refractivity contribution is 0.0652. The van der Waals surface area contributed by atoms with E-state index in [9.17, 15) is 14.7 Å². The zero-order valence-corrected chi connectivity index (χ0v) is 10.4. The lowest BCUT2D eigenvalue weighted by Crippen LogP contribution is -2.10. The van der Waals surface area contributed by atoms with E-state index in [0.717, 1.165) is 0 Å². The number of hydrogen-bond acceptors (Lipinski definition) is 2. The Balaban J connectivity index is 2.82. The lowest BCUT2D eigenvalue weighted by atomic mass is 9.95. The van der Waals surface area contributed by atoms with Gasteiger partial charge in [-0.05, 0) is 17.7 Å². The van der Waals surface area contributed by atoms with Crippen LogP contribution in [0.4, 0.5) is 0 Å². The van der Waals surface area contributed by atoms with E-state index in [0.29, 0.717) is 5.56 Å². The van der Waals surface area contributed by atoms with Gasteiger partial charge in [0.1, 0.15) is 0 Å². The third-order valence-electron chi connectivity index (χ3n) is 2.66. The summed E-state index contributed by atoms with van der Waals surface area (Å²) < 4.78 is 0. The first-order valence-electron chi connectivity index (χ1n) is 5.37. The molecule has 0 aliphatic rings. The molecule has 0 amide bonds. The number of carboxylic acid groups (broad SMARTS) is 2. The zero-order valence-electron chi connectivity index (χ0n) is 9.63. The van der Waals surface area contributed by atoms with Gasteiger partial charge >= 0.3 is 11.9 Å². The number of benzene rings is 2. The smallest absolute Gasteiger partial charge is 0.337 e. The first kappa shape index (κ1) is 13.1. The maximum Gasteiger partial charge on any atom is 0.337 e. The predicted molar refractivity (Wildman–Crippen MR) is 70.8 cm³/mol. The van der Waals surface area contributed by atoms with Gasteiger partial charge in [0.25, 0.3) is 0 Å². The molecule has 0 heterocycles. The number of carbonyl (C=O) groups is 2. The maximum atomic E-state index is 11.4. The van der Waals surface area contributed by atoms with Crippen molar-refractivity contribution in [3.05, 3.63) is 58.6 Å². The average Bonchev–Trinajstić information content (AvgIpc) is 2.38. The van der Waals surface area contributed by atoms with E-state index in [4.69, 9.17) is 16.7 Å². The van der Waals surface area contributed by atoms with Crippen LogP contribution in [-0.4, -0.2) is 22.2 Å². The van der Waals surface area contributed by atoms with Crippen molar-refractivity contribution in [2.75, 3.05) is 0 Å². The molecule has 0 unspecified atom stereocenters. The van der Waals surface area contributed by atoms with E-state index in [-0.39, 0.29) is 21.7 Å². The average molecular weight is 277 g/mol. The van der Waals surface area contributed by atoms with Crippen molar-refractivity contribution in [2.45, 2.75) is 0 Å². The zero-order chi connectivity index (χ0) is 14.0. The molecule has 19 heavy (non-hydrogen) atoms. The van der Waals surface area contributed by atoms with Crippen LogP contribution < -0.4 is 0 Å². The highest BCUT2D eigenvalue weighted by molar-refractivity contribution is 6.34. The molecule has 2 aromatic rings. The second-order valence-electron chi connectivity index (χ2n) is 3.82. The molecule has 0 saturated carbocycles. The molecule has 2 aromatic carbocycles. The molecule has 0 radical (unpaired) electrons. The minimum Gasteiger partial charge on any atom is -0.478 e. The third kappa shape index (κ3) is 2.44. The lowest BCUT2D eigenvalue weighted by Gasteiger charge is -2.11. The summed E-state index contributed by atoms with van der Waals surface area (Å²) in [4.78, 5) is 22.5. The number of carboxylic acids is 2. The van der Waals surface area contributed by atoms with Crippen LogP contribution in [0.25, 0.3) is 11.1 Å². The molecule has 0 bridgehead atoms. The highest BCUT2D eigenvalue weighted by Crippen LogP contribution is 2.33. The number of halogens is 1. The topological polar surface area (TPSA) is 74.6 Å².